The molecule has 13 atom stereocenters. The van der Waals surface area contributed by atoms with E-state index in [2.05, 4.69) is 25.7 Å². The van der Waals surface area contributed by atoms with Crippen LogP contribution in [0.1, 0.15) is 132 Å². The molecule has 0 aromatic carbocycles. The number of esters is 1. The van der Waals surface area contributed by atoms with E-state index in [0.29, 0.717) is 70.0 Å². The monoisotopic (exact) mass is 816 g/mol. The molecule has 0 radical (unpaired) electrons. The summed E-state index contributed by atoms with van der Waals surface area (Å²) in [5.41, 5.74) is 1.89. The van der Waals surface area contributed by atoms with Crippen molar-refractivity contribution < 1.29 is 53.1 Å². The number of allylic oxidation sites excluding steroid dienone is 4. The Bertz CT molecular complexity index is 1510. The fourth-order valence-corrected chi connectivity index (χ4v) is 9.57. The zero-order valence-electron chi connectivity index (χ0n) is 36.7. The molecule has 3 aliphatic heterocycles. The molecule has 0 aromatic heterocycles. The van der Waals surface area contributed by atoms with E-state index in [1.54, 1.807) is 21.1 Å². The van der Waals surface area contributed by atoms with Crippen molar-refractivity contribution in [3.63, 3.8) is 0 Å². The van der Waals surface area contributed by atoms with Crippen LogP contribution < -0.4 is 0 Å². The Balaban J connectivity index is 1.73. The van der Waals surface area contributed by atoms with Gasteiger partial charge in [0.25, 0.3) is 11.7 Å². The molecule has 3 heterocycles. The number of aliphatic hydroxyl groups is 2. The van der Waals surface area contributed by atoms with Gasteiger partial charge in [-0.1, -0.05) is 58.9 Å². The minimum Gasteiger partial charge on any atom is -0.493 e. The summed E-state index contributed by atoms with van der Waals surface area (Å²) < 4.78 is 30.4. The summed E-state index contributed by atoms with van der Waals surface area (Å²) in [4.78, 5) is 57.9. The number of amides is 1. The average molecular weight is 816 g/mol. The molecule has 2 bridgehead atoms. The Morgan fingerprint density at radius 2 is 1.67 bits per heavy atom. The fraction of sp³-hybridized carbons (Fsp3) is 0.783. The Hall–Kier alpha value is -2.90. The number of methoxy groups -OCH3 is 2. The van der Waals surface area contributed by atoms with Gasteiger partial charge in [-0.05, 0) is 108 Å². The highest BCUT2D eigenvalue weighted by atomic mass is 16.7. The summed E-state index contributed by atoms with van der Waals surface area (Å²) >= 11 is 0. The van der Waals surface area contributed by atoms with E-state index in [-0.39, 0.29) is 48.8 Å². The number of piperidine rings is 1. The summed E-state index contributed by atoms with van der Waals surface area (Å²) in [5.74, 6) is -5.68. The minimum absolute atomic E-state index is 0.0403. The summed E-state index contributed by atoms with van der Waals surface area (Å²) in [6.45, 7) is 17.7. The highest BCUT2D eigenvalue weighted by Crippen LogP contribution is 2.39. The largest absolute Gasteiger partial charge is 0.493 e. The van der Waals surface area contributed by atoms with Crippen LogP contribution in [0.2, 0.25) is 0 Å². The lowest BCUT2D eigenvalue weighted by atomic mass is 9.82. The van der Waals surface area contributed by atoms with Gasteiger partial charge in [-0.15, -0.1) is 0 Å². The molecule has 328 valence electrons. The molecule has 4 rings (SSSR count). The van der Waals surface area contributed by atoms with Gasteiger partial charge >= 0.3 is 5.97 Å². The Kier molecular flexibility index (Phi) is 17.8. The molecule has 12 heteroatoms. The third-order valence-corrected chi connectivity index (χ3v) is 13.2. The molecule has 0 spiro atoms. The van der Waals surface area contributed by atoms with E-state index in [9.17, 15) is 29.4 Å². The molecule has 13 unspecified atom stereocenters. The highest BCUT2D eigenvalue weighted by molar-refractivity contribution is 6.39. The SMILES string of the molecule is C=C(CC)OC1CC(C=C(C)C2OC(=O)C3CCCCN3C(=O)C(=O)C3(O)OC(C(OC)CC(C)CC(C)=CC(CC)C(=O)CCC2C)C(OC)CC3C)CCC1O. The van der Waals surface area contributed by atoms with E-state index in [0.717, 1.165) is 17.6 Å². The average Bonchev–Trinajstić information content (AvgIpc) is 3.20. The van der Waals surface area contributed by atoms with E-state index in [1.165, 1.54) is 4.90 Å². The van der Waals surface area contributed by atoms with Crippen LogP contribution in [0.15, 0.2) is 35.6 Å². The van der Waals surface area contributed by atoms with Crippen LogP contribution in [0.5, 0.6) is 0 Å². The lowest BCUT2D eigenvalue weighted by Gasteiger charge is -2.47. The number of hydrogen-bond donors (Lipinski definition) is 2. The molecule has 1 saturated carbocycles. The number of nitrogens with zero attached hydrogens (tertiary/aromatic N) is 1. The molecule has 58 heavy (non-hydrogen) atoms. The minimum atomic E-state index is -2.47. The summed E-state index contributed by atoms with van der Waals surface area (Å²) in [7, 11) is 3.10. The quantitative estimate of drug-likeness (QED) is 0.115. The Labute approximate surface area is 347 Å². The summed E-state index contributed by atoms with van der Waals surface area (Å²) in [6, 6.07) is -1.05. The predicted molar refractivity (Wildman–Crippen MR) is 220 cm³/mol. The number of aliphatic hydroxyl groups excluding tert-OH is 1. The molecule has 12 nitrogen and oxygen atoms in total. The Morgan fingerprint density at radius 3 is 2.33 bits per heavy atom. The van der Waals surface area contributed by atoms with Crippen molar-refractivity contribution in [1.29, 1.82) is 0 Å². The van der Waals surface area contributed by atoms with Crippen LogP contribution in [0.25, 0.3) is 0 Å². The first kappa shape index (κ1) is 47.8. The molecular formula is C46H73NO11. The van der Waals surface area contributed by atoms with Crippen molar-refractivity contribution in [2.45, 2.75) is 180 Å². The number of ether oxygens (including phenoxy) is 5. The molecule has 0 aromatic rings. The standard InChI is InChI=1S/C46H73NO11/c1-11-32(8)56-38-26-33(17-19-37(38)49)24-30(6)41-29(5)16-18-36(48)34(12-2)22-27(3)21-28(4)23-39(54-9)42-40(55-10)25-31(7)46(53,58-42)43(50)44(51)47-20-14-13-15-35(47)45(52)57-41/h22,24,28-29,31,33-35,37-42,49,53H,8,11-21,23,25-26H2,1-7,9-10H3. The number of carbonyl (C=O) groups is 4. The van der Waals surface area contributed by atoms with Crippen molar-refractivity contribution in [1.82, 2.24) is 4.90 Å². The van der Waals surface area contributed by atoms with E-state index in [4.69, 9.17) is 23.7 Å². The number of Topliss-reactive ketones (excluding diaryl/α,β-unsaturated/α-hetero) is 2. The van der Waals surface area contributed by atoms with E-state index < -0.39 is 72.0 Å². The van der Waals surface area contributed by atoms with Crippen LogP contribution >= 0.6 is 0 Å². The number of fused-ring (bicyclic) bond motifs is 3. The molecule has 3 fully saturated rings. The number of rotatable bonds is 8. The molecule has 1 aliphatic carbocycles. The molecule has 1 amide bonds. The van der Waals surface area contributed by atoms with Crippen molar-refractivity contribution in [3.05, 3.63) is 35.6 Å². The molecular weight excluding hydrogens is 743 g/mol. The topological polar surface area (TPSA) is 158 Å². The lowest BCUT2D eigenvalue weighted by Crippen LogP contribution is -2.64. The smallest absolute Gasteiger partial charge is 0.329 e. The van der Waals surface area contributed by atoms with E-state index in [1.807, 2.05) is 34.6 Å². The second kappa shape index (κ2) is 21.6. The van der Waals surface area contributed by atoms with Gasteiger partial charge in [0.15, 0.2) is 0 Å². The zero-order chi connectivity index (χ0) is 42.9. The lowest BCUT2D eigenvalue weighted by molar-refractivity contribution is -0.302. The molecule has 2 saturated heterocycles. The third-order valence-electron chi connectivity index (χ3n) is 13.2. The van der Waals surface area contributed by atoms with Gasteiger partial charge in [0, 0.05) is 45.4 Å². The number of cyclic esters (lactones) is 1. The summed E-state index contributed by atoms with van der Waals surface area (Å²) in [5, 5.41) is 22.8. The van der Waals surface area contributed by atoms with Crippen LogP contribution in [-0.4, -0.2) is 108 Å². The van der Waals surface area contributed by atoms with Gasteiger partial charge in [-0.2, -0.15) is 0 Å². The maximum absolute atomic E-state index is 14.4. The third kappa shape index (κ3) is 11.7. The van der Waals surface area contributed by atoms with Crippen LogP contribution in [-0.2, 0) is 42.9 Å². The van der Waals surface area contributed by atoms with Crippen molar-refractivity contribution in [3.8, 4) is 0 Å². The number of carbonyl (C=O) groups excluding carboxylic acids is 4. The molecule has 2 N–H and O–H groups in total. The first-order chi connectivity index (χ1) is 27.5. The second-order valence-electron chi connectivity index (χ2n) is 17.8. The predicted octanol–water partition coefficient (Wildman–Crippen LogP) is 6.80. The van der Waals surface area contributed by atoms with Crippen LogP contribution in [0.4, 0.5) is 0 Å². The van der Waals surface area contributed by atoms with Crippen molar-refractivity contribution in [2.24, 2.45) is 29.6 Å². The van der Waals surface area contributed by atoms with E-state index >= 15 is 0 Å². The first-order valence-corrected chi connectivity index (χ1v) is 21.9. The zero-order valence-corrected chi connectivity index (χ0v) is 36.7. The fourth-order valence-electron chi connectivity index (χ4n) is 9.57. The Morgan fingerprint density at radius 1 is 0.983 bits per heavy atom. The van der Waals surface area contributed by atoms with Gasteiger partial charge in [0.1, 0.15) is 30.1 Å². The maximum Gasteiger partial charge on any atom is 0.329 e. The van der Waals surface area contributed by atoms with Crippen LogP contribution in [0.3, 0.4) is 0 Å². The number of hydrogen-bond acceptors (Lipinski definition) is 11. The molecule has 4 aliphatic rings. The van der Waals surface area contributed by atoms with Crippen molar-refractivity contribution >= 4 is 23.4 Å². The first-order valence-electron chi connectivity index (χ1n) is 21.9. The normalized spacial score (nSPS) is 38.2. The van der Waals surface area contributed by atoms with Gasteiger partial charge in [0.2, 0.25) is 5.79 Å². The maximum atomic E-state index is 14.4. The van der Waals surface area contributed by atoms with Gasteiger partial charge in [-0.25, -0.2) is 4.79 Å². The van der Waals surface area contributed by atoms with Gasteiger partial charge in [-0.3, -0.25) is 14.4 Å². The van der Waals surface area contributed by atoms with Crippen LogP contribution in [0, 0.1) is 29.6 Å². The van der Waals surface area contributed by atoms with Gasteiger partial charge in [0.05, 0.1) is 24.1 Å². The highest BCUT2D eigenvalue weighted by Gasteiger charge is 2.56. The van der Waals surface area contributed by atoms with Crippen molar-refractivity contribution in [2.75, 3.05) is 20.8 Å². The number of ketones is 2. The summed E-state index contributed by atoms with van der Waals surface area (Å²) in [6.07, 6.45) is 7.34. The van der Waals surface area contributed by atoms with Gasteiger partial charge < -0.3 is 38.8 Å². The second-order valence-corrected chi connectivity index (χ2v) is 17.8.